The highest BCUT2D eigenvalue weighted by molar-refractivity contribution is 5.91. The van der Waals surface area contributed by atoms with Gasteiger partial charge in [-0.3, -0.25) is 0 Å². The Morgan fingerprint density at radius 3 is 2.71 bits per heavy atom. The summed E-state index contributed by atoms with van der Waals surface area (Å²) >= 11 is 0. The Morgan fingerprint density at radius 2 is 1.90 bits per heavy atom. The van der Waals surface area contributed by atoms with Gasteiger partial charge in [-0.05, 0) is 54.1 Å². The van der Waals surface area contributed by atoms with Crippen LogP contribution in [0, 0.1) is 5.82 Å². The molecular formula is C24H23FN2O4. The maximum absolute atomic E-state index is 13.3. The van der Waals surface area contributed by atoms with Crippen molar-refractivity contribution in [1.82, 2.24) is 10.5 Å². The van der Waals surface area contributed by atoms with Crippen molar-refractivity contribution in [2.75, 3.05) is 20.3 Å². The fraction of sp³-hybridized carbons (Fsp3) is 0.208. The van der Waals surface area contributed by atoms with E-state index in [0.717, 1.165) is 22.3 Å². The van der Waals surface area contributed by atoms with Crippen molar-refractivity contribution in [2.24, 2.45) is 0 Å². The van der Waals surface area contributed by atoms with Crippen molar-refractivity contribution >= 4 is 11.0 Å². The van der Waals surface area contributed by atoms with E-state index in [-0.39, 0.29) is 12.4 Å². The molecule has 0 aliphatic heterocycles. The lowest BCUT2D eigenvalue weighted by molar-refractivity contribution is 0.106. The van der Waals surface area contributed by atoms with Gasteiger partial charge in [0.25, 0.3) is 0 Å². The highest BCUT2D eigenvalue weighted by Gasteiger charge is 2.12. The van der Waals surface area contributed by atoms with E-state index in [4.69, 9.17) is 14.0 Å². The van der Waals surface area contributed by atoms with Gasteiger partial charge in [0.2, 0.25) is 0 Å². The van der Waals surface area contributed by atoms with Crippen LogP contribution in [0.3, 0.4) is 0 Å². The van der Waals surface area contributed by atoms with Gasteiger partial charge in [0, 0.05) is 30.1 Å². The van der Waals surface area contributed by atoms with Crippen molar-refractivity contribution in [3.05, 3.63) is 78.1 Å². The van der Waals surface area contributed by atoms with Crippen molar-refractivity contribution in [3.63, 3.8) is 0 Å². The Kier molecular flexibility index (Phi) is 6.45. The number of fused-ring (bicyclic) bond motifs is 1. The predicted molar refractivity (Wildman–Crippen MR) is 116 cm³/mol. The normalized spacial score (nSPS) is 12.1. The molecule has 2 N–H and O–H groups in total. The Labute approximate surface area is 179 Å². The Hall–Kier alpha value is -3.42. The standard InChI is InChI=1S/C24H23FN2O4/c1-29-21-4-2-3-16(11-21)13-26-14-19(28)15-30-20-8-5-17(6-9-20)24-22-10-7-18(25)12-23(22)31-27-24/h2-12,19,26,28H,13-15H2,1H3. The van der Waals surface area contributed by atoms with Gasteiger partial charge in [-0.2, -0.15) is 0 Å². The average Bonchev–Trinajstić information content (AvgIpc) is 3.21. The van der Waals surface area contributed by atoms with Crippen LogP contribution in [0.4, 0.5) is 4.39 Å². The molecule has 0 saturated carbocycles. The monoisotopic (exact) mass is 422 g/mol. The quantitative estimate of drug-likeness (QED) is 0.422. The summed E-state index contributed by atoms with van der Waals surface area (Å²) in [6.45, 7) is 1.19. The number of nitrogens with zero attached hydrogens (tertiary/aromatic N) is 1. The van der Waals surface area contributed by atoms with E-state index in [1.54, 1.807) is 25.3 Å². The zero-order chi connectivity index (χ0) is 21.6. The molecule has 31 heavy (non-hydrogen) atoms. The SMILES string of the molecule is COc1cccc(CNCC(O)COc2ccc(-c3noc4cc(F)ccc34)cc2)c1. The van der Waals surface area contributed by atoms with E-state index < -0.39 is 6.10 Å². The molecule has 0 radical (unpaired) electrons. The largest absolute Gasteiger partial charge is 0.497 e. The lowest BCUT2D eigenvalue weighted by atomic mass is 10.1. The zero-order valence-corrected chi connectivity index (χ0v) is 17.0. The number of aliphatic hydroxyl groups excluding tert-OH is 1. The van der Waals surface area contributed by atoms with Gasteiger partial charge < -0.3 is 24.4 Å². The molecule has 0 aliphatic carbocycles. The number of nitrogens with one attached hydrogen (secondary N) is 1. The molecule has 4 aromatic rings. The van der Waals surface area contributed by atoms with E-state index in [2.05, 4.69) is 10.5 Å². The second-order valence-corrected chi connectivity index (χ2v) is 7.14. The number of methoxy groups -OCH3 is 1. The van der Waals surface area contributed by atoms with Gasteiger partial charge in [0.05, 0.1) is 7.11 Å². The minimum Gasteiger partial charge on any atom is -0.497 e. The molecule has 0 saturated heterocycles. The van der Waals surface area contributed by atoms with Gasteiger partial charge in [-0.25, -0.2) is 4.39 Å². The van der Waals surface area contributed by atoms with E-state index in [1.165, 1.54) is 12.1 Å². The highest BCUT2D eigenvalue weighted by atomic mass is 19.1. The summed E-state index contributed by atoms with van der Waals surface area (Å²) in [6, 6.07) is 19.4. The summed E-state index contributed by atoms with van der Waals surface area (Å²) < 4.78 is 29.4. The number of halogens is 1. The number of ether oxygens (including phenoxy) is 2. The number of hydrogen-bond donors (Lipinski definition) is 2. The van der Waals surface area contributed by atoms with Gasteiger partial charge in [0.15, 0.2) is 5.58 Å². The molecule has 160 valence electrons. The number of benzene rings is 3. The van der Waals surface area contributed by atoms with Crippen LogP contribution < -0.4 is 14.8 Å². The van der Waals surface area contributed by atoms with Crippen LogP contribution >= 0.6 is 0 Å². The third-order valence-corrected chi connectivity index (χ3v) is 4.85. The number of rotatable bonds is 9. The lowest BCUT2D eigenvalue weighted by Gasteiger charge is -2.14. The van der Waals surface area contributed by atoms with Crippen LogP contribution in [-0.4, -0.2) is 36.6 Å². The molecule has 7 heteroatoms. The number of aliphatic hydroxyl groups is 1. The first-order valence-electron chi connectivity index (χ1n) is 9.92. The predicted octanol–water partition coefficient (Wildman–Crippen LogP) is 4.17. The van der Waals surface area contributed by atoms with E-state index in [0.29, 0.717) is 30.1 Å². The Bertz CT molecular complexity index is 1140. The first kappa shape index (κ1) is 20.8. The molecule has 0 bridgehead atoms. The van der Waals surface area contributed by atoms with Gasteiger partial charge in [-0.15, -0.1) is 0 Å². The summed E-state index contributed by atoms with van der Waals surface area (Å²) in [6.07, 6.45) is -0.653. The Balaban J connectivity index is 1.28. The highest BCUT2D eigenvalue weighted by Crippen LogP contribution is 2.29. The molecule has 1 unspecified atom stereocenters. The van der Waals surface area contributed by atoms with Crippen molar-refractivity contribution in [1.29, 1.82) is 0 Å². The molecule has 0 spiro atoms. The molecular weight excluding hydrogens is 399 g/mol. The minimum absolute atomic E-state index is 0.163. The van der Waals surface area contributed by atoms with Crippen LogP contribution in [-0.2, 0) is 6.54 Å². The number of aromatic nitrogens is 1. The molecule has 1 heterocycles. The molecule has 4 rings (SSSR count). The maximum Gasteiger partial charge on any atom is 0.170 e. The van der Waals surface area contributed by atoms with Crippen LogP contribution in [0.25, 0.3) is 22.2 Å². The molecule has 0 fully saturated rings. The summed E-state index contributed by atoms with van der Waals surface area (Å²) in [4.78, 5) is 0. The van der Waals surface area contributed by atoms with Crippen LogP contribution in [0.15, 0.2) is 71.3 Å². The fourth-order valence-electron chi connectivity index (χ4n) is 3.25. The Morgan fingerprint density at radius 1 is 1.06 bits per heavy atom. The maximum atomic E-state index is 13.3. The smallest absolute Gasteiger partial charge is 0.170 e. The molecule has 1 aromatic heterocycles. The molecule has 0 aliphatic rings. The van der Waals surface area contributed by atoms with E-state index >= 15 is 0 Å². The summed E-state index contributed by atoms with van der Waals surface area (Å²) in [5, 5.41) is 18.2. The first-order chi connectivity index (χ1) is 15.1. The molecule has 0 amide bonds. The third-order valence-electron chi connectivity index (χ3n) is 4.85. The van der Waals surface area contributed by atoms with Gasteiger partial charge in [-0.1, -0.05) is 17.3 Å². The average molecular weight is 422 g/mol. The first-order valence-corrected chi connectivity index (χ1v) is 9.92. The van der Waals surface area contributed by atoms with Crippen LogP contribution in [0.5, 0.6) is 11.5 Å². The topological polar surface area (TPSA) is 76.8 Å². The van der Waals surface area contributed by atoms with Crippen LogP contribution in [0.1, 0.15) is 5.56 Å². The third kappa shape index (κ3) is 5.20. The van der Waals surface area contributed by atoms with Crippen molar-refractivity contribution in [3.8, 4) is 22.8 Å². The van der Waals surface area contributed by atoms with Gasteiger partial charge in [0.1, 0.15) is 35.7 Å². The summed E-state index contributed by atoms with van der Waals surface area (Å²) in [7, 11) is 1.63. The zero-order valence-electron chi connectivity index (χ0n) is 17.0. The number of hydrogen-bond acceptors (Lipinski definition) is 6. The summed E-state index contributed by atoms with van der Waals surface area (Å²) in [5.74, 6) is 1.07. The second kappa shape index (κ2) is 9.59. The lowest BCUT2D eigenvalue weighted by Crippen LogP contribution is -2.31. The minimum atomic E-state index is -0.653. The molecule has 3 aromatic carbocycles. The van der Waals surface area contributed by atoms with Crippen molar-refractivity contribution < 1.29 is 23.5 Å². The molecule has 1 atom stereocenters. The van der Waals surface area contributed by atoms with E-state index in [9.17, 15) is 9.50 Å². The second-order valence-electron chi connectivity index (χ2n) is 7.14. The summed E-state index contributed by atoms with van der Waals surface area (Å²) in [5.41, 5.74) is 2.95. The molecule has 6 nitrogen and oxygen atoms in total. The van der Waals surface area contributed by atoms with Gasteiger partial charge >= 0.3 is 0 Å². The fourth-order valence-corrected chi connectivity index (χ4v) is 3.25. The van der Waals surface area contributed by atoms with Crippen LogP contribution in [0.2, 0.25) is 0 Å². The van der Waals surface area contributed by atoms with Crippen molar-refractivity contribution in [2.45, 2.75) is 12.6 Å². The van der Waals surface area contributed by atoms with E-state index in [1.807, 2.05) is 36.4 Å².